The van der Waals surface area contributed by atoms with Crippen LogP contribution in [0.15, 0.2) is 36.4 Å². The minimum Gasteiger partial charge on any atom is -0.489 e. The van der Waals surface area contributed by atoms with Gasteiger partial charge in [0.25, 0.3) is 5.91 Å². The quantitative estimate of drug-likeness (QED) is 0.397. The van der Waals surface area contributed by atoms with Crippen LogP contribution in [-0.4, -0.2) is 67.2 Å². The van der Waals surface area contributed by atoms with Crippen molar-refractivity contribution in [2.75, 3.05) is 38.1 Å². The highest BCUT2D eigenvalue weighted by atomic mass is 35.5. The van der Waals surface area contributed by atoms with Crippen LogP contribution in [0.4, 0.5) is 14.5 Å². The summed E-state index contributed by atoms with van der Waals surface area (Å²) in [5, 5.41) is 14.1. The van der Waals surface area contributed by atoms with E-state index in [9.17, 15) is 9.90 Å². The maximum absolute atomic E-state index is 15.1. The van der Waals surface area contributed by atoms with E-state index in [4.69, 9.17) is 16.3 Å². The number of rotatable bonds is 11. The first-order valence-corrected chi connectivity index (χ1v) is 14.5. The van der Waals surface area contributed by atoms with Crippen molar-refractivity contribution < 1.29 is 23.4 Å². The molecule has 0 radical (unpaired) electrons. The molecule has 1 aliphatic carbocycles. The van der Waals surface area contributed by atoms with Crippen LogP contribution in [0.2, 0.25) is 5.02 Å². The number of carbonyl (C=O) groups excluding carboxylic acids is 1. The number of aryl methyl sites for hydroxylation is 2. The summed E-state index contributed by atoms with van der Waals surface area (Å²) in [6.07, 6.45) is 4.41. The number of likely N-dealkylation sites (tertiary alicyclic amines) is 1. The van der Waals surface area contributed by atoms with Gasteiger partial charge in [0.1, 0.15) is 11.9 Å². The summed E-state index contributed by atoms with van der Waals surface area (Å²) >= 11 is 6.39. The fraction of sp³-hybridized carbons (Fsp3) is 0.567. The number of benzene rings is 2. The third kappa shape index (κ3) is 7.02. The molecule has 0 aromatic heterocycles. The molecule has 2 fully saturated rings. The van der Waals surface area contributed by atoms with Crippen LogP contribution < -0.4 is 15.0 Å². The number of nitrogens with one attached hydrogen (secondary N) is 1. The van der Waals surface area contributed by atoms with E-state index in [-0.39, 0.29) is 19.1 Å². The molecule has 2 N–H and O–H groups in total. The van der Waals surface area contributed by atoms with E-state index in [1.165, 1.54) is 0 Å². The van der Waals surface area contributed by atoms with Gasteiger partial charge in [0, 0.05) is 32.2 Å². The van der Waals surface area contributed by atoms with Crippen LogP contribution in [0, 0.1) is 0 Å². The molecule has 1 amide bonds. The lowest BCUT2D eigenvalue weighted by molar-refractivity contribution is -0.148. The Kier molecular flexibility index (Phi) is 8.64. The first-order chi connectivity index (χ1) is 18.7. The summed E-state index contributed by atoms with van der Waals surface area (Å²) in [7, 11) is 2.04. The van der Waals surface area contributed by atoms with Crippen LogP contribution in [0.5, 0.6) is 5.75 Å². The molecule has 2 aromatic rings. The highest BCUT2D eigenvalue weighted by Gasteiger charge is 2.41. The molecule has 1 saturated heterocycles. The van der Waals surface area contributed by atoms with Gasteiger partial charge in [-0.1, -0.05) is 29.8 Å². The van der Waals surface area contributed by atoms with E-state index in [2.05, 4.69) is 15.1 Å². The molecule has 2 heterocycles. The summed E-state index contributed by atoms with van der Waals surface area (Å²) < 4.78 is 36.0. The van der Waals surface area contributed by atoms with Crippen LogP contribution >= 0.6 is 11.6 Å². The van der Waals surface area contributed by atoms with Crippen LogP contribution in [0.25, 0.3) is 0 Å². The molecule has 2 aromatic carbocycles. The fourth-order valence-corrected chi connectivity index (χ4v) is 5.78. The molecule has 2 atom stereocenters. The van der Waals surface area contributed by atoms with Gasteiger partial charge in [-0.3, -0.25) is 4.79 Å². The van der Waals surface area contributed by atoms with Crippen molar-refractivity contribution in [1.29, 1.82) is 0 Å². The van der Waals surface area contributed by atoms with E-state index < -0.39 is 30.4 Å². The average molecular weight is 562 g/mol. The summed E-state index contributed by atoms with van der Waals surface area (Å²) in [4.78, 5) is 17.2. The second-order valence-electron chi connectivity index (χ2n) is 11.2. The van der Waals surface area contributed by atoms with Gasteiger partial charge in [0.15, 0.2) is 0 Å². The maximum atomic E-state index is 15.1. The zero-order valence-electron chi connectivity index (χ0n) is 22.5. The molecule has 0 spiro atoms. The van der Waals surface area contributed by atoms with Crippen molar-refractivity contribution in [1.82, 2.24) is 10.2 Å². The van der Waals surface area contributed by atoms with Crippen molar-refractivity contribution in [3.8, 4) is 5.75 Å². The smallest absolute Gasteiger partial charge is 0.324 e. The molecule has 3 aliphatic rings. The van der Waals surface area contributed by atoms with Gasteiger partial charge in [-0.2, -0.15) is 8.78 Å². The monoisotopic (exact) mass is 561 g/mol. The number of alkyl halides is 2. The minimum absolute atomic E-state index is 0.0921. The van der Waals surface area contributed by atoms with Gasteiger partial charge in [-0.25, -0.2) is 0 Å². The minimum atomic E-state index is -3.57. The molecule has 9 heteroatoms. The average Bonchev–Trinajstić information content (AvgIpc) is 3.59. The largest absolute Gasteiger partial charge is 0.489 e. The summed E-state index contributed by atoms with van der Waals surface area (Å²) in [6, 6.07) is 9.90. The standard InChI is InChI=1S/C30H38ClF2N3O3/c1-35-14-4-5-21-17-20(6-10-26(21)35)12-13-30(32,33)29(38)34-25(19-36-15-2-3-16-36)28(37)22-7-11-27(24(31)18-22)39-23-8-9-23/h6-7,10-11,17-18,23,25,28,37H,2-5,8-9,12-16,19H2,1H3,(H,34,38)/t25-,28-/m1/s1. The van der Waals surface area contributed by atoms with Crippen LogP contribution in [0.1, 0.15) is 61.3 Å². The topological polar surface area (TPSA) is 65.0 Å². The molecule has 0 bridgehead atoms. The maximum Gasteiger partial charge on any atom is 0.324 e. The van der Waals surface area contributed by atoms with Gasteiger partial charge in [-0.05, 0) is 92.9 Å². The van der Waals surface area contributed by atoms with E-state index >= 15 is 8.78 Å². The molecule has 2 aliphatic heterocycles. The molecule has 0 unspecified atom stereocenters. The Morgan fingerprint density at radius 2 is 1.92 bits per heavy atom. The Morgan fingerprint density at radius 1 is 1.15 bits per heavy atom. The van der Waals surface area contributed by atoms with Crippen LogP contribution in [-0.2, 0) is 17.6 Å². The Bertz CT molecular complexity index is 1170. The number of halogens is 3. The van der Waals surface area contributed by atoms with Crippen molar-refractivity contribution >= 4 is 23.2 Å². The lowest BCUT2D eigenvalue weighted by atomic mass is 9.96. The lowest BCUT2D eigenvalue weighted by Gasteiger charge is -2.30. The van der Waals surface area contributed by atoms with Gasteiger partial charge in [0.2, 0.25) is 0 Å². The molecule has 1 saturated carbocycles. The molecule has 212 valence electrons. The molecule has 5 rings (SSSR count). The summed E-state index contributed by atoms with van der Waals surface area (Å²) in [6.45, 7) is 2.87. The molecule has 39 heavy (non-hydrogen) atoms. The number of hydrogen-bond donors (Lipinski definition) is 2. The Labute approximate surface area is 234 Å². The normalized spacial score (nSPS) is 19.5. The van der Waals surface area contributed by atoms with Crippen molar-refractivity contribution in [3.05, 3.63) is 58.1 Å². The van der Waals surface area contributed by atoms with Gasteiger partial charge in [0.05, 0.1) is 17.2 Å². The van der Waals surface area contributed by atoms with Crippen LogP contribution in [0.3, 0.4) is 0 Å². The van der Waals surface area contributed by atoms with E-state index in [0.717, 1.165) is 75.0 Å². The summed E-state index contributed by atoms with van der Waals surface area (Å²) in [5.41, 5.74) is 3.55. The zero-order valence-corrected chi connectivity index (χ0v) is 23.2. The Morgan fingerprint density at radius 3 is 2.64 bits per heavy atom. The SMILES string of the molecule is CN1CCCc2cc(CCC(F)(F)C(=O)N[C@H](CN3CCCC3)[C@H](O)c3ccc(OC4CC4)c(Cl)c3)ccc21. The number of amides is 1. The number of fused-ring (bicyclic) bond motifs is 1. The number of nitrogens with zero attached hydrogens (tertiary/aromatic N) is 2. The number of anilines is 1. The number of ether oxygens (including phenoxy) is 1. The first-order valence-electron chi connectivity index (χ1n) is 14.1. The Hall–Kier alpha value is -2.42. The Balaban J connectivity index is 1.25. The second kappa shape index (κ2) is 12.0. The predicted octanol–water partition coefficient (Wildman–Crippen LogP) is 5.15. The number of aliphatic hydroxyl groups excluding tert-OH is 1. The van der Waals surface area contributed by atoms with Crippen molar-refractivity contribution in [3.63, 3.8) is 0 Å². The number of hydrogen-bond acceptors (Lipinski definition) is 5. The van der Waals surface area contributed by atoms with Crippen molar-refractivity contribution in [2.24, 2.45) is 0 Å². The fourth-order valence-electron chi connectivity index (χ4n) is 5.55. The molecule has 6 nitrogen and oxygen atoms in total. The number of aliphatic hydroxyl groups is 1. The first kappa shape index (κ1) is 28.1. The highest BCUT2D eigenvalue weighted by molar-refractivity contribution is 6.32. The van der Waals surface area contributed by atoms with Gasteiger partial charge >= 0.3 is 5.92 Å². The van der Waals surface area contributed by atoms with E-state index in [1.807, 2.05) is 25.2 Å². The zero-order chi connectivity index (χ0) is 27.6. The van der Waals surface area contributed by atoms with E-state index in [0.29, 0.717) is 16.3 Å². The number of carbonyl (C=O) groups is 1. The summed E-state index contributed by atoms with van der Waals surface area (Å²) in [5.74, 6) is -4.39. The third-order valence-electron chi connectivity index (χ3n) is 8.02. The van der Waals surface area contributed by atoms with Crippen molar-refractivity contribution in [2.45, 2.75) is 75.5 Å². The highest BCUT2D eigenvalue weighted by Crippen LogP contribution is 2.35. The third-order valence-corrected chi connectivity index (χ3v) is 8.32. The van der Waals surface area contributed by atoms with E-state index in [1.54, 1.807) is 18.2 Å². The second-order valence-corrected chi connectivity index (χ2v) is 11.6. The van der Waals surface area contributed by atoms with Gasteiger partial charge in [-0.15, -0.1) is 0 Å². The molecular weight excluding hydrogens is 524 g/mol. The van der Waals surface area contributed by atoms with Gasteiger partial charge < -0.3 is 25.0 Å². The lowest BCUT2D eigenvalue weighted by Crippen LogP contribution is -2.51. The molecular formula is C30H38ClF2N3O3. The predicted molar refractivity (Wildman–Crippen MR) is 149 cm³/mol.